The Kier molecular flexibility index (Phi) is 3.92. The van der Waals surface area contributed by atoms with E-state index in [-0.39, 0.29) is 0 Å². The molecule has 0 bridgehead atoms. The van der Waals surface area contributed by atoms with Crippen LogP contribution in [0.3, 0.4) is 0 Å². The molecule has 1 aromatic carbocycles. The van der Waals surface area contributed by atoms with Gasteiger partial charge in [-0.2, -0.15) is 0 Å². The number of hydrogen-bond acceptors (Lipinski definition) is 2. The van der Waals surface area contributed by atoms with E-state index in [1.54, 1.807) is 0 Å². The Balaban J connectivity index is 2.65. The fourth-order valence-electron chi connectivity index (χ4n) is 1.03. The Morgan fingerprint density at radius 1 is 1.40 bits per heavy atom. The van der Waals surface area contributed by atoms with Gasteiger partial charge >= 0.3 is 5.97 Å². The summed E-state index contributed by atoms with van der Waals surface area (Å²) < 4.78 is 5.06. The first-order valence-electron chi connectivity index (χ1n) is 4.71. The van der Waals surface area contributed by atoms with Crippen molar-refractivity contribution in [1.82, 2.24) is 0 Å². The van der Waals surface area contributed by atoms with E-state index in [0.717, 1.165) is 11.1 Å². The molecule has 0 heterocycles. The summed E-state index contributed by atoms with van der Waals surface area (Å²) in [6, 6.07) is 9.67. The topological polar surface area (TPSA) is 46.5 Å². The molecule has 0 aliphatic rings. The number of carboxylic acid groups (broad SMARTS) is 1. The molecule has 3 nitrogen and oxygen atoms in total. The first-order valence-corrected chi connectivity index (χ1v) is 4.71. The first-order chi connectivity index (χ1) is 7.11. The average molecular weight is 206 g/mol. The van der Waals surface area contributed by atoms with Gasteiger partial charge in [-0.25, -0.2) is 4.79 Å². The van der Waals surface area contributed by atoms with Gasteiger partial charge in [-0.15, -0.1) is 0 Å². The zero-order valence-corrected chi connectivity index (χ0v) is 8.81. The fraction of sp³-hybridized carbons (Fsp3) is 0.250. The van der Waals surface area contributed by atoms with Gasteiger partial charge in [-0.05, 0) is 25.0 Å². The van der Waals surface area contributed by atoms with Gasteiger partial charge in [-0.1, -0.05) is 30.3 Å². The average Bonchev–Trinajstić information content (AvgIpc) is 2.26. The van der Waals surface area contributed by atoms with Crippen LogP contribution >= 0.6 is 0 Å². The number of ether oxygens (including phenoxy) is 1. The third-order valence-electron chi connectivity index (χ3n) is 2.03. The summed E-state index contributed by atoms with van der Waals surface area (Å²) in [5.41, 5.74) is 1.93. The van der Waals surface area contributed by atoms with Crippen molar-refractivity contribution in [2.75, 3.05) is 0 Å². The predicted molar refractivity (Wildman–Crippen MR) is 58.3 cm³/mol. The molecule has 0 radical (unpaired) electrons. The highest BCUT2D eigenvalue weighted by Gasteiger charge is 2.09. The highest BCUT2D eigenvalue weighted by atomic mass is 16.5. The van der Waals surface area contributed by atoms with E-state index in [9.17, 15) is 4.79 Å². The summed E-state index contributed by atoms with van der Waals surface area (Å²) in [4.78, 5) is 10.5. The van der Waals surface area contributed by atoms with E-state index in [1.807, 2.05) is 37.3 Å². The van der Waals surface area contributed by atoms with Crippen LogP contribution < -0.4 is 0 Å². The molecular formula is C12H14O3. The second kappa shape index (κ2) is 5.20. The Bertz CT molecular complexity index is 354. The van der Waals surface area contributed by atoms with Gasteiger partial charge in [0, 0.05) is 0 Å². The smallest absolute Gasteiger partial charge is 0.344 e. The summed E-state index contributed by atoms with van der Waals surface area (Å²) >= 11 is 0. The molecule has 1 rings (SSSR count). The number of carbonyl (C=O) groups is 1. The van der Waals surface area contributed by atoms with E-state index < -0.39 is 12.1 Å². The number of hydrogen-bond donors (Lipinski definition) is 1. The summed E-state index contributed by atoms with van der Waals surface area (Å²) in [5.74, 6) is -0.966. The molecule has 1 N–H and O–H groups in total. The van der Waals surface area contributed by atoms with Gasteiger partial charge in [0.1, 0.15) is 0 Å². The van der Waals surface area contributed by atoms with E-state index in [1.165, 1.54) is 13.2 Å². The Hall–Kier alpha value is -1.77. The van der Waals surface area contributed by atoms with Crippen LogP contribution in [-0.4, -0.2) is 17.2 Å². The molecule has 80 valence electrons. The molecule has 0 aromatic heterocycles. The van der Waals surface area contributed by atoms with Crippen LogP contribution in [0.5, 0.6) is 0 Å². The number of allylic oxidation sites excluding steroid dienone is 1. The monoisotopic (exact) mass is 206 g/mol. The zero-order valence-electron chi connectivity index (χ0n) is 8.81. The van der Waals surface area contributed by atoms with Crippen molar-refractivity contribution in [3.05, 3.63) is 42.2 Å². The minimum Gasteiger partial charge on any atom is -0.486 e. The molecular weight excluding hydrogens is 192 g/mol. The highest BCUT2D eigenvalue weighted by Crippen LogP contribution is 2.13. The van der Waals surface area contributed by atoms with Crippen LogP contribution in [0, 0.1) is 0 Å². The summed E-state index contributed by atoms with van der Waals surface area (Å²) in [6.07, 6.45) is 0.664. The minimum absolute atomic E-state index is 0.816. The maximum Gasteiger partial charge on any atom is 0.344 e. The molecule has 0 fully saturated rings. The van der Waals surface area contributed by atoms with Crippen molar-refractivity contribution in [1.29, 1.82) is 0 Å². The number of aliphatic carboxylic acids is 1. The molecule has 3 heteroatoms. The Morgan fingerprint density at radius 2 is 2.00 bits per heavy atom. The van der Waals surface area contributed by atoms with Crippen molar-refractivity contribution < 1.29 is 14.6 Å². The lowest BCUT2D eigenvalue weighted by Gasteiger charge is -2.07. The quantitative estimate of drug-likeness (QED) is 0.770. The van der Waals surface area contributed by atoms with Gasteiger partial charge in [0.05, 0.1) is 6.26 Å². The molecule has 0 aliphatic heterocycles. The standard InChI is InChI=1S/C12H14O3/c1-9(8-15-10(2)12(13)14)11-6-4-3-5-7-11/h3-8,10H,1-2H3,(H,13,14)/t10-/m0/s1. The molecule has 0 saturated carbocycles. The van der Waals surface area contributed by atoms with Gasteiger partial charge in [-0.3, -0.25) is 0 Å². The van der Waals surface area contributed by atoms with Crippen LogP contribution in [0.1, 0.15) is 19.4 Å². The van der Waals surface area contributed by atoms with Crippen LogP contribution in [0.25, 0.3) is 5.57 Å². The van der Waals surface area contributed by atoms with Crippen molar-refractivity contribution >= 4 is 11.5 Å². The van der Waals surface area contributed by atoms with Crippen LogP contribution in [0.15, 0.2) is 36.6 Å². The Labute approximate surface area is 89.0 Å². The van der Waals surface area contributed by atoms with E-state index in [4.69, 9.17) is 9.84 Å². The highest BCUT2D eigenvalue weighted by molar-refractivity contribution is 5.72. The van der Waals surface area contributed by atoms with Gasteiger partial charge in [0.2, 0.25) is 0 Å². The summed E-state index contributed by atoms with van der Waals surface area (Å²) in [7, 11) is 0. The lowest BCUT2D eigenvalue weighted by Crippen LogP contribution is -2.17. The molecule has 0 aliphatic carbocycles. The van der Waals surface area contributed by atoms with Crippen LogP contribution in [0.2, 0.25) is 0 Å². The second-order valence-electron chi connectivity index (χ2n) is 3.28. The molecule has 0 saturated heterocycles. The van der Waals surface area contributed by atoms with Crippen LogP contribution in [-0.2, 0) is 9.53 Å². The zero-order chi connectivity index (χ0) is 11.3. The SMILES string of the molecule is CC(=CO[C@@H](C)C(=O)O)c1ccccc1. The maximum absolute atomic E-state index is 10.5. The van der Waals surface area contributed by atoms with Gasteiger partial charge < -0.3 is 9.84 Å². The lowest BCUT2D eigenvalue weighted by atomic mass is 10.1. The fourth-order valence-corrected chi connectivity index (χ4v) is 1.03. The Morgan fingerprint density at radius 3 is 2.53 bits per heavy atom. The van der Waals surface area contributed by atoms with E-state index in [0.29, 0.717) is 0 Å². The third-order valence-corrected chi connectivity index (χ3v) is 2.03. The first kappa shape index (κ1) is 11.3. The number of rotatable bonds is 4. The van der Waals surface area contributed by atoms with Crippen molar-refractivity contribution in [2.24, 2.45) is 0 Å². The van der Waals surface area contributed by atoms with Gasteiger partial charge in [0.25, 0.3) is 0 Å². The number of benzene rings is 1. The lowest BCUT2D eigenvalue weighted by molar-refractivity contribution is -0.145. The molecule has 0 amide bonds. The second-order valence-corrected chi connectivity index (χ2v) is 3.28. The molecule has 0 spiro atoms. The predicted octanol–water partition coefficient (Wildman–Crippen LogP) is 2.54. The van der Waals surface area contributed by atoms with Crippen LogP contribution in [0.4, 0.5) is 0 Å². The minimum atomic E-state index is -0.966. The molecule has 0 unspecified atom stereocenters. The molecule has 1 atom stereocenters. The number of carboxylic acids is 1. The van der Waals surface area contributed by atoms with Crippen molar-refractivity contribution in [2.45, 2.75) is 20.0 Å². The van der Waals surface area contributed by atoms with Crippen molar-refractivity contribution in [3.8, 4) is 0 Å². The maximum atomic E-state index is 10.5. The van der Waals surface area contributed by atoms with E-state index in [2.05, 4.69) is 0 Å². The molecule has 15 heavy (non-hydrogen) atoms. The summed E-state index contributed by atoms with van der Waals surface area (Å²) in [5, 5.41) is 8.61. The third kappa shape index (κ3) is 3.46. The van der Waals surface area contributed by atoms with Crippen molar-refractivity contribution in [3.63, 3.8) is 0 Å². The molecule has 1 aromatic rings. The normalized spacial score (nSPS) is 13.3. The largest absolute Gasteiger partial charge is 0.486 e. The summed E-state index contributed by atoms with van der Waals surface area (Å²) in [6.45, 7) is 3.38. The van der Waals surface area contributed by atoms with E-state index >= 15 is 0 Å². The van der Waals surface area contributed by atoms with Gasteiger partial charge in [0.15, 0.2) is 6.10 Å².